The zero-order valence-electron chi connectivity index (χ0n) is 17.9. The lowest BCUT2D eigenvalue weighted by Crippen LogP contribution is -2.49. The van der Waals surface area contributed by atoms with Crippen LogP contribution in [0.5, 0.6) is 0 Å². The van der Waals surface area contributed by atoms with E-state index in [1.807, 2.05) is 6.07 Å². The molecule has 1 aromatic carbocycles. The Morgan fingerprint density at radius 3 is 2.35 bits per heavy atom. The Morgan fingerprint density at radius 1 is 1.00 bits per heavy atom. The van der Waals surface area contributed by atoms with E-state index in [1.54, 1.807) is 31.3 Å². The molecule has 3 heterocycles. The number of amides is 1. The molecule has 9 nitrogen and oxygen atoms in total. The number of anilines is 3. The van der Waals surface area contributed by atoms with Gasteiger partial charge in [0.15, 0.2) is 0 Å². The van der Waals surface area contributed by atoms with Crippen LogP contribution < -0.4 is 15.1 Å². The van der Waals surface area contributed by atoms with Crippen LogP contribution in [0.15, 0.2) is 35.4 Å². The third-order valence-corrected chi connectivity index (χ3v) is 7.75. The van der Waals surface area contributed by atoms with Gasteiger partial charge in [-0.3, -0.25) is 4.79 Å². The molecule has 0 saturated carbocycles. The fourth-order valence-corrected chi connectivity index (χ4v) is 5.73. The molecule has 2 aliphatic rings. The van der Waals surface area contributed by atoms with Gasteiger partial charge in [-0.15, -0.1) is 0 Å². The molecule has 2 saturated heterocycles. The van der Waals surface area contributed by atoms with Crippen molar-refractivity contribution in [2.75, 3.05) is 54.4 Å². The maximum absolute atomic E-state index is 13.2. The fourth-order valence-electron chi connectivity index (χ4n) is 4.10. The summed E-state index contributed by atoms with van der Waals surface area (Å²) in [6.07, 6.45) is 4.10. The van der Waals surface area contributed by atoms with Crippen molar-refractivity contribution < 1.29 is 13.2 Å². The molecular weight excluding hydrogens is 416 g/mol. The first-order valence-corrected chi connectivity index (χ1v) is 12.0. The lowest BCUT2D eigenvalue weighted by Gasteiger charge is -2.35. The summed E-state index contributed by atoms with van der Waals surface area (Å²) in [5, 5.41) is 2.68. The first kappa shape index (κ1) is 21.5. The number of benzene rings is 1. The molecule has 0 bridgehead atoms. The van der Waals surface area contributed by atoms with Crippen molar-refractivity contribution >= 4 is 33.4 Å². The van der Waals surface area contributed by atoms with E-state index in [0.29, 0.717) is 37.4 Å². The Morgan fingerprint density at radius 2 is 1.71 bits per heavy atom. The Balaban J connectivity index is 1.45. The molecule has 0 spiro atoms. The van der Waals surface area contributed by atoms with Crippen LogP contribution >= 0.6 is 0 Å². The first-order valence-electron chi connectivity index (χ1n) is 10.6. The van der Waals surface area contributed by atoms with Crippen molar-refractivity contribution in [1.82, 2.24) is 14.3 Å². The van der Waals surface area contributed by atoms with Gasteiger partial charge in [0.2, 0.25) is 21.9 Å². The Labute approximate surface area is 183 Å². The Hall–Kier alpha value is -2.72. The third kappa shape index (κ3) is 4.64. The maximum Gasteiger partial charge on any atom is 0.243 e. The first-order chi connectivity index (χ1) is 14.8. The van der Waals surface area contributed by atoms with Crippen LogP contribution in [0.3, 0.4) is 0 Å². The van der Waals surface area contributed by atoms with Gasteiger partial charge >= 0.3 is 0 Å². The standard InChI is InChI=1S/C21H28N6O3S/c1-16-15-18(23-17(2)28)5-6-19(16)31(29,30)27-13-11-25(12-14-27)20-7-8-22-21(24-20)26-9-3-4-10-26/h5-8,15H,3-4,9-14H2,1-2H3,(H,23,28). The molecule has 2 aromatic rings. The van der Waals surface area contributed by atoms with Gasteiger partial charge in [0.05, 0.1) is 4.90 Å². The van der Waals surface area contributed by atoms with Crippen LogP contribution in [-0.4, -0.2) is 67.9 Å². The normalized spacial score (nSPS) is 17.7. The molecule has 31 heavy (non-hydrogen) atoms. The van der Waals surface area contributed by atoms with Crippen LogP contribution in [0, 0.1) is 6.92 Å². The number of hydrogen-bond donors (Lipinski definition) is 1. The summed E-state index contributed by atoms with van der Waals surface area (Å²) in [5.74, 6) is 1.40. The molecule has 1 N–H and O–H groups in total. The molecule has 10 heteroatoms. The van der Waals surface area contributed by atoms with Crippen LogP contribution in [-0.2, 0) is 14.8 Å². The average Bonchev–Trinajstić information content (AvgIpc) is 3.28. The van der Waals surface area contributed by atoms with E-state index in [9.17, 15) is 13.2 Å². The summed E-state index contributed by atoms with van der Waals surface area (Å²) in [5.41, 5.74) is 1.20. The van der Waals surface area contributed by atoms with Gasteiger partial charge in [0.25, 0.3) is 0 Å². The minimum absolute atomic E-state index is 0.191. The van der Waals surface area contributed by atoms with Gasteiger partial charge in [-0.1, -0.05) is 0 Å². The number of nitrogens with one attached hydrogen (secondary N) is 1. The number of carbonyl (C=O) groups is 1. The van der Waals surface area contributed by atoms with Crippen molar-refractivity contribution in [1.29, 1.82) is 0 Å². The second kappa shape index (κ2) is 8.80. The van der Waals surface area contributed by atoms with E-state index in [1.165, 1.54) is 11.2 Å². The van der Waals surface area contributed by atoms with Crippen molar-refractivity contribution in [3.63, 3.8) is 0 Å². The van der Waals surface area contributed by atoms with Gasteiger partial charge in [0, 0.05) is 58.1 Å². The molecule has 2 fully saturated rings. The quantitative estimate of drug-likeness (QED) is 0.751. The zero-order chi connectivity index (χ0) is 22.0. The molecule has 0 aliphatic carbocycles. The molecule has 0 atom stereocenters. The topological polar surface area (TPSA) is 98.7 Å². The van der Waals surface area contributed by atoms with E-state index in [0.717, 1.165) is 37.7 Å². The minimum Gasteiger partial charge on any atom is -0.354 e. The highest BCUT2D eigenvalue weighted by Crippen LogP contribution is 2.25. The monoisotopic (exact) mass is 444 g/mol. The summed E-state index contributed by atoms with van der Waals surface area (Å²) >= 11 is 0. The number of carbonyl (C=O) groups excluding carboxylic acids is 1. The number of nitrogens with zero attached hydrogens (tertiary/aromatic N) is 5. The number of aryl methyl sites for hydroxylation is 1. The number of hydrogen-bond acceptors (Lipinski definition) is 7. The molecular formula is C21H28N6O3S. The molecule has 0 radical (unpaired) electrons. The average molecular weight is 445 g/mol. The molecule has 0 unspecified atom stereocenters. The van der Waals surface area contributed by atoms with Gasteiger partial charge in [-0.25, -0.2) is 13.4 Å². The third-order valence-electron chi connectivity index (χ3n) is 5.69. The Kier molecular flexibility index (Phi) is 6.10. The molecule has 1 aromatic heterocycles. The van der Waals surface area contributed by atoms with Crippen LogP contribution in [0.4, 0.5) is 17.5 Å². The second-order valence-electron chi connectivity index (χ2n) is 7.96. The fraction of sp³-hybridized carbons (Fsp3) is 0.476. The van der Waals surface area contributed by atoms with Gasteiger partial charge in [0.1, 0.15) is 5.82 Å². The van der Waals surface area contributed by atoms with Gasteiger partial charge < -0.3 is 15.1 Å². The summed E-state index contributed by atoms with van der Waals surface area (Å²) in [4.78, 5) is 24.9. The highest BCUT2D eigenvalue weighted by molar-refractivity contribution is 7.89. The van der Waals surface area contributed by atoms with E-state index >= 15 is 0 Å². The second-order valence-corrected chi connectivity index (χ2v) is 9.87. The highest BCUT2D eigenvalue weighted by Gasteiger charge is 2.30. The van der Waals surface area contributed by atoms with Crippen molar-refractivity contribution in [2.24, 2.45) is 0 Å². The smallest absolute Gasteiger partial charge is 0.243 e. The molecule has 1 amide bonds. The summed E-state index contributed by atoms with van der Waals surface area (Å²) in [7, 11) is -3.61. The molecule has 2 aliphatic heterocycles. The number of piperazine rings is 1. The van der Waals surface area contributed by atoms with Crippen LogP contribution in [0.1, 0.15) is 25.3 Å². The maximum atomic E-state index is 13.2. The lowest BCUT2D eigenvalue weighted by atomic mass is 10.2. The SMILES string of the molecule is CC(=O)Nc1ccc(S(=O)(=O)N2CCN(c3ccnc(N4CCCC4)n3)CC2)c(C)c1. The minimum atomic E-state index is -3.61. The van der Waals surface area contributed by atoms with Crippen molar-refractivity contribution in [2.45, 2.75) is 31.6 Å². The van der Waals surface area contributed by atoms with Crippen LogP contribution in [0.2, 0.25) is 0 Å². The van der Waals surface area contributed by atoms with E-state index < -0.39 is 10.0 Å². The van der Waals surface area contributed by atoms with E-state index in [2.05, 4.69) is 20.1 Å². The number of sulfonamides is 1. The van der Waals surface area contributed by atoms with Crippen molar-refractivity contribution in [3.05, 3.63) is 36.0 Å². The van der Waals surface area contributed by atoms with Crippen LogP contribution in [0.25, 0.3) is 0 Å². The number of aromatic nitrogens is 2. The summed E-state index contributed by atoms with van der Waals surface area (Å²) < 4.78 is 27.9. The summed E-state index contributed by atoms with van der Waals surface area (Å²) in [6.45, 7) is 7.04. The van der Waals surface area contributed by atoms with E-state index in [-0.39, 0.29) is 10.8 Å². The van der Waals surface area contributed by atoms with Gasteiger partial charge in [-0.2, -0.15) is 9.29 Å². The molecule has 4 rings (SSSR count). The zero-order valence-corrected chi connectivity index (χ0v) is 18.7. The Bertz CT molecular complexity index is 1060. The predicted octanol–water partition coefficient (Wildman–Crippen LogP) is 1.85. The lowest BCUT2D eigenvalue weighted by molar-refractivity contribution is -0.114. The van der Waals surface area contributed by atoms with Gasteiger partial charge in [-0.05, 0) is 49.6 Å². The van der Waals surface area contributed by atoms with Crippen molar-refractivity contribution in [3.8, 4) is 0 Å². The summed E-state index contributed by atoms with van der Waals surface area (Å²) in [6, 6.07) is 6.76. The van der Waals surface area contributed by atoms with E-state index in [4.69, 9.17) is 4.98 Å². The number of rotatable bonds is 5. The largest absolute Gasteiger partial charge is 0.354 e. The molecule has 166 valence electrons. The predicted molar refractivity (Wildman–Crippen MR) is 120 cm³/mol. The highest BCUT2D eigenvalue weighted by atomic mass is 32.2.